The molecule has 14 heavy (non-hydrogen) atoms. The summed E-state index contributed by atoms with van der Waals surface area (Å²) < 4.78 is 5.27. The third-order valence-corrected chi connectivity index (χ3v) is 1.80. The molecule has 0 heterocycles. The van der Waals surface area contributed by atoms with Gasteiger partial charge in [0.15, 0.2) is 0 Å². The van der Waals surface area contributed by atoms with Gasteiger partial charge in [0.2, 0.25) is 0 Å². The van der Waals surface area contributed by atoms with Gasteiger partial charge in [-0.1, -0.05) is 13.3 Å². The summed E-state index contributed by atoms with van der Waals surface area (Å²) in [7, 11) is 0. The number of hydrogen-bond donors (Lipinski definition) is 3. The van der Waals surface area contributed by atoms with Crippen LogP contribution in [0.1, 0.15) is 26.7 Å². The molecule has 4 heteroatoms. The molecule has 2 unspecified atom stereocenters. The molecule has 0 amide bonds. The van der Waals surface area contributed by atoms with Crippen LogP contribution in [-0.2, 0) is 4.74 Å². The van der Waals surface area contributed by atoms with E-state index in [-0.39, 0.29) is 6.04 Å². The predicted octanol–water partition coefficient (Wildman–Crippen LogP) is 0.101. The van der Waals surface area contributed by atoms with Crippen LogP contribution in [0.2, 0.25) is 0 Å². The quantitative estimate of drug-likeness (QED) is 0.466. The van der Waals surface area contributed by atoms with Crippen molar-refractivity contribution < 1.29 is 9.84 Å². The zero-order valence-corrected chi connectivity index (χ0v) is 9.33. The minimum atomic E-state index is -0.425. The first-order chi connectivity index (χ1) is 6.66. The normalized spacial score (nSPS) is 15.4. The van der Waals surface area contributed by atoms with Crippen molar-refractivity contribution in [1.29, 1.82) is 0 Å². The Kier molecular flexibility index (Phi) is 9.29. The molecular formula is C10H24N2O2. The summed E-state index contributed by atoms with van der Waals surface area (Å²) in [6, 6.07) is 0.128. The van der Waals surface area contributed by atoms with E-state index in [0.717, 1.165) is 26.0 Å². The molecule has 0 radical (unpaired) electrons. The molecule has 2 atom stereocenters. The van der Waals surface area contributed by atoms with E-state index < -0.39 is 6.10 Å². The van der Waals surface area contributed by atoms with Gasteiger partial charge in [-0.05, 0) is 13.3 Å². The lowest BCUT2D eigenvalue weighted by Crippen LogP contribution is -2.37. The second kappa shape index (κ2) is 9.40. The lowest BCUT2D eigenvalue weighted by Gasteiger charge is -2.13. The zero-order chi connectivity index (χ0) is 10.8. The van der Waals surface area contributed by atoms with Gasteiger partial charge in [-0.25, -0.2) is 0 Å². The van der Waals surface area contributed by atoms with Crippen LogP contribution < -0.4 is 11.1 Å². The average molecular weight is 204 g/mol. The Labute approximate surface area is 86.8 Å². The highest BCUT2D eigenvalue weighted by Crippen LogP contribution is 1.90. The molecule has 0 rings (SSSR count). The highest BCUT2D eigenvalue weighted by atomic mass is 16.5. The highest BCUT2D eigenvalue weighted by molar-refractivity contribution is 4.62. The first-order valence-corrected chi connectivity index (χ1v) is 5.39. The molecule has 0 aliphatic carbocycles. The summed E-state index contributed by atoms with van der Waals surface area (Å²) in [6.07, 6.45) is 1.75. The van der Waals surface area contributed by atoms with Crippen LogP contribution in [-0.4, -0.2) is 43.6 Å². The maximum Gasteiger partial charge on any atom is 0.0897 e. The predicted molar refractivity (Wildman–Crippen MR) is 58.3 cm³/mol. The van der Waals surface area contributed by atoms with Crippen LogP contribution in [0.4, 0.5) is 0 Å². The monoisotopic (exact) mass is 204 g/mol. The molecule has 0 aliphatic rings. The Morgan fingerprint density at radius 1 is 1.43 bits per heavy atom. The van der Waals surface area contributed by atoms with E-state index in [1.807, 2.05) is 6.92 Å². The molecule has 4 nitrogen and oxygen atoms in total. The van der Waals surface area contributed by atoms with Crippen LogP contribution >= 0.6 is 0 Å². The van der Waals surface area contributed by atoms with Crippen LogP contribution in [0.25, 0.3) is 0 Å². The van der Waals surface area contributed by atoms with Gasteiger partial charge >= 0.3 is 0 Å². The summed E-state index contributed by atoms with van der Waals surface area (Å²) in [5.74, 6) is 0. The molecule has 0 bridgehead atoms. The average Bonchev–Trinajstić information content (AvgIpc) is 2.12. The Bertz CT molecular complexity index is 121. The molecule has 0 aliphatic heterocycles. The Balaban J connectivity index is 3.15. The fourth-order valence-corrected chi connectivity index (χ4v) is 1.00. The Morgan fingerprint density at radius 2 is 2.14 bits per heavy atom. The standard InChI is InChI=1S/C10H24N2O2/c1-3-4-5-14-8-10(13)7-12-6-9(2)11/h9-10,12-13H,3-8,11H2,1-2H3. The third-order valence-electron chi connectivity index (χ3n) is 1.80. The highest BCUT2D eigenvalue weighted by Gasteiger charge is 2.03. The maximum absolute atomic E-state index is 9.43. The number of aliphatic hydroxyl groups excluding tert-OH is 1. The van der Waals surface area contributed by atoms with E-state index in [4.69, 9.17) is 10.5 Å². The molecule has 0 saturated heterocycles. The Morgan fingerprint density at radius 3 is 2.71 bits per heavy atom. The molecule has 0 aromatic rings. The van der Waals surface area contributed by atoms with E-state index in [0.29, 0.717) is 13.2 Å². The first-order valence-electron chi connectivity index (χ1n) is 5.39. The third kappa shape index (κ3) is 9.92. The molecule has 0 saturated carbocycles. The van der Waals surface area contributed by atoms with Gasteiger partial charge in [-0.3, -0.25) is 0 Å². The summed E-state index contributed by atoms with van der Waals surface area (Å²) in [5.41, 5.74) is 5.54. The van der Waals surface area contributed by atoms with Crippen molar-refractivity contribution in [2.45, 2.75) is 38.8 Å². The van der Waals surface area contributed by atoms with Crippen LogP contribution in [0.15, 0.2) is 0 Å². The molecule has 4 N–H and O–H groups in total. The molecule has 0 spiro atoms. The number of ether oxygens (including phenoxy) is 1. The largest absolute Gasteiger partial charge is 0.389 e. The molecule has 0 aromatic heterocycles. The SMILES string of the molecule is CCCCOCC(O)CNCC(C)N. The molecule has 0 aromatic carbocycles. The molecular weight excluding hydrogens is 180 g/mol. The summed E-state index contributed by atoms with van der Waals surface area (Å²) in [6.45, 7) is 6.47. The van der Waals surface area contributed by atoms with Crippen molar-refractivity contribution in [3.63, 3.8) is 0 Å². The van der Waals surface area contributed by atoms with Crippen molar-refractivity contribution in [1.82, 2.24) is 5.32 Å². The number of unbranched alkanes of at least 4 members (excludes halogenated alkanes) is 1. The van der Waals surface area contributed by atoms with Crippen molar-refractivity contribution >= 4 is 0 Å². The summed E-state index contributed by atoms with van der Waals surface area (Å²) >= 11 is 0. The van der Waals surface area contributed by atoms with E-state index in [2.05, 4.69) is 12.2 Å². The summed E-state index contributed by atoms with van der Waals surface area (Å²) in [4.78, 5) is 0. The van der Waals surface area contributed by atoms with Crippen LogP contribution in [0.5, 0.6) is 0 Å². The number of hydrogen-bond acceptors (Lipinski definition) is 4. The lowest BCUT2D eigenvalue weighted by molar-refractivity contribution is 0.0359. The van der Waals surface area contributed by atoms with Gasteiger partial charge in [0.1, 0.15) is 0 Å². The second-order valence-corrected chi connectivity index (χ2v) is 3.72. The number of nitrogens with one attached hydrogen (secondary N) is 1. The van der Waals surface area contributed by atoms with Crippen LogP contribution in [0.3, 0.4) is 0 Å². The van der Waals surface area contributed by atoms with Crippen molar-refractivity contribution in [2.24, 2.45) is 5.73 Å². The minimum absolute atomic E-state index is 0.128. The lowest BCUT2D eigenvalue weighted by atomic mass is 10.3. The minimum Gasteiger partial charge on any atom is -0.389 e. The Hall–Kier alpha value is -0.160. The number of rotatable bonds is 9. The first kappa shape index (κ1) is 13.8. The van der Waals surface area contributed by atoms with Gasteiger partial charge in [0.25, 0.3) is 0 Å². The van der Waals surface area contributed by atoms with Crippen molar-refractivity contribution in [3.05, 3.63) is 0 Å². The fraction of sp³-hybridized carbons (Fsp3) is 1.00. The van der Waals surface area contributed by atoms with E-state index >= 15 is 0 Å². The van der Waals surface area contributed by atoms with E-state index in [9.17, 15) is 5.11 Å². The van der Waals surface area contributed by atoms with Crippen LogP contribution in [0, 0.1) is 0 Å². The number of aliphatic hydroxyl groups is 1. The van der Waals surface area contributed by atoms with Gasteiger partial charge in [-0.2, -0.15) is 0 Å². The van der Waals surface area contributed by atoms with E-state index in [1.165, 1.54) is 0 Å². The molecule has 86 valence electrons. The second-order valence-electron chi connectivity index (χ2n) is 3.72. The van der Waals surface area contributed by atoms with Gasteiger partial charge in [0.05, 0.1) is 12.7 Å². The zero-order valence-electron chi connectivity index (χ0n) is 9.33. The van der Waals surface area contributed by atoms with Gasteiger partial charge in [0, 0.05) is 25.7 Å². The fourth-order valence-electron chi connectivity index (χ4n) is 1.00. The smallest absolute Gasteiger partial charge is 0.0897 e. The van der Waals surface area contributed by atoms with Gasteiger partial charge in [-0.15, -0.1) is 0 Å². The topological polar surface area (TPSA) is 67.5 Å². The van der Waals surface area contributed by atoms with Gasteiger partial charge < -0.3 is 20.9 Å². The van der Waals surface area contributed by atoms with Crippen molar-refractivity contribution in [3.8, 4) is 0 Å². The van der Waals surface area contributed by atoms with Crippen molar-refractivity contribution in [2.75, 3.05) is 26.3 Å². The van der Waals surface area contributed by atoms with E-state index in [1.54, 1.807) is 0 Å². The molecule has 0 fully saturated rings. The summed E-state index contributed by atoms with van der Waals surface area (Å²) in [5, 5.41) is 12.5. The maximum atomic E-state index is 9.43. The number of nitrogens with two attached hydrogens (primary N) is 1.